The largest absolute Gasteiger partial charge is 0.506 e. The lowest BCUT2D eigenvalue weighted by molar-refractivity contribution is -0.387. The zero-order valence-electron chi connectivity index (χ0n) is 20.1. The molecular weight excluding hydrogens is 512 g/mol. The molecule has 0 unspecified atom stereocenters. The highest BCUT2D eigenvalue weighted by atomic mass is 32.2. The van der Waals surface area contributed by atoms with Crippen molar-refractivity contribution in [3.8, 4) is 5.75 Å². The van der Waals surface area contributed by atoms with Crippen LogP contribution in [0.15, 0.2) is 82.6 Å². The highest BCUT2D eigenvalue weighted by molar-refractivity contribution is 7.99. The maximum atomic E-state index is 13.3. The molecule has 2 N–H and O–H groups in total. The molecule has 0 atom stereocenters. The number of hydrogen-bond acceptors (Lipinski definition) is 9. The van der Waals surface area contributed by atoms with Crippen LogP contribution in [-0.4, -0.2) is 42.1 Å². The van der Waals surface area contributed by atoms with Crippen molar-refractivity contribution < 1.29 is 33.9 Å². The number of nitrogens with one attached hydrogen (secondary N) is 1. The third-order valence-electron chi connectivity index (χ3n) is 5.54. The number of amides is 1. The van der Waals surface area contributed by atoms with Crippen molar-refractivity contribution in [2.45, 2.75) is 9.79 Å². The van der Waals surface area contributed by atoms with E-state index in [9.17, 15) is 29.6 Å². The van der Waals surface area contributed by atoms with Crippen LogP contribution in [0.1, 0.15) is 31.1 Å². The van der Waals surface area contributed by atoms with Crippen LogP contribution in [0, 0.1) is 10.1 Å². The fraction of sp³-hybridized carbons (Fsp3) is 0.0741. The first-order valence-corrected chi connectivity index (χ1v) is 11.8. The van der Waals surface area contributed by atoms with Gasteiger partial charge >= 0.3 is 11.9 Å². The maximum Gasteiger partial charge on any atom is 0.337 e. The summed E-state index contributed by atoms with van der Waals surface area (Å²) in [5.74, 6) is -2.51. The fourth-order valence-electron chi connectivity index (χ4n) is 3.77. The number of esters is 2. The van der Waals surface area contributed by atoms with Crippen molar-refractivity contribution in [1.29, 1.82) is 0 Å². The highest BCUT2D eigenvalue weighted by Gasteiger charge is 2.22. The van der Waals surface area contributed by atoms with Crippen LogP contribution in [0.2, 0.25) is 0 Å². The molecule has 11 heteroatoms. The Morgan fingerprint density at radius 1 is 0.842 bits per heavy atom. The summed E-state index contributed by atoms with van der Waals surface area (Å²) in [6.07, 6.45) is 0. The molecule has 10 nitrogen and oxygen atoms in total. The number of nitrogens with zero attached hydrogens (tertiary/aromatic N) is 1. The molecule has 0 radical (unpaired) electrons. The SMILES string of the molecule is COC(=O)c1cc(NC(=O)c2cc(Sc3ccccc3[N+](=O)[O-])c3ccccc3c2O)cc(C(=O)OC)c1. The van der Waals surface area contributed by atoms with Gasteiger partial charge in [-0.3, -0.25) is 14.9 Å². The molecule has 4 rings (SSSR count). The van der Waals surface area contributed by atoms with Crippen LogP contribution in [0.25, 0.3) is 10.8 Å². The van der Waals surface area contributed by atoms with Crippen molar-refractivity contribution in [3.05, 3.63) is 99.6 Å². The molecule has 0 heterocycles. The van der Waals surface area contributed by atoms with Crippen molar-refractivity contribution in [3.63, 3.8) is 0 Å². The van der Waals surface area contributed by atoms with Crippen LogP contribution in [0.5, 0.6) is 5.75 Å². The Hall–Kier alpha value is -4.90. The van der Waals surface area contributed by atoms with Gasteiger partial charge in [0.1, 0.15) is 5.75 Å². The summed E-state index contributed by atoms with van der Waals surface area (Å²) in [6.45, 7) is 0. The third-order valence-corrected chi connectivity index (χ3v) is 6.66. The summed E-state index contributed by atoms with van der Waals surface area (Å²) >= 11 is 1.08. The number of ether oxygens (including phenoxy) is 2. The van der Waals surface area contributed by atoms with E-state index >= 15 is 0 Å². The summed E-state index contributed by atoms with van der Waals surface area (Å²) in [5, 5.41) is 26.0. The molecule has 38 heavy (non-hydrogen) atoms. The number of para-hydroxylation sites is 1. The quantitative estimate of drug-likeness (QED) is 0.181. The summed E-state index contributed by atoms with van der Waals surface area (Å²) in [5.41, 5.74) is -0.135. The van der Waals surface area contributed by atoms with Gasteiger partial charge in [0.2, 0.25) is 0 Å². The molecule has 1 amide bonds. The number of anilines is 1. The van der Waals surface area contributed by atoms with Crippen LogP contribution < -0.4 is 5.32 Å². The topological polar surface area (TPSA) is 145 Å². The van der Waals surface area contributed by atoms with E-state index in [4.69, 9.17) is 9.47 Å². The van der Waals surface area contributed by atoms with E-state index in [0.29, 0.717) is 20.6 Å². The Kier molecular flexibility index (Phi) is 7.58. The fourth-order valence-corrected chi connectivity index (χ4v) is 4.86. The Labute approximate surface area is 220 Å². The lowest BCUT2D eigenvalue weighted by Crippen LogP contribution is -2.15. The second-order valence-electron chi connectivity index (χ2n) is 7.88. The number of rotatable bonds is 7. The minimum absolute atomic E-state index is 0.000986. The van der Waals surface area contributed by atoms with E-state index in [0.717, 1.165) is 11.8 Å². The monoisotopic (exact) mass is 532 g/mol. The zero-order valence-corrected chi connectivity index (χ0v) is 20.9. The molecule has 0 spiro atoms. The molecular formula is C27H20N2O8S. The van der Waals surface area contributed by atoms with Gasteiger partial charge in [-0.1, -0.05) is 48.2 Å². The number of carbonyl (C=O) groups excluding carboxylic acids is 3. The number of phenolic OH excluding ortho intramolecular Hbond substituents is 1. The lowest BCUT2D eigenvalue weighted by Gasteiger charge is -2.14. The van der Waals surface area contributed by atoms with Gasteiger partial charge in [-0.15, -0.1) is 0 Å². The van der Waals surface area contributed by atoms with Crippen molar-refractivity contribution in [2.24, 2.45) is 0 Å². The molecule has 192 valence electrons. The second kappa shape index (κ2) is 11.0. The number of fused-ring (bicyclic) bond motifs is 1. The second-order valence-corrected chi connectivity index (χ2v) is 8.96. The molecule has 0 saturated carbocycles. The summed E-state index contributed by atoms with van der Waals surface area (Å²) in [6, 6.07) is 18.3. The van der Waals surface area contributed by atoms with Crippen LogP contribution in [-0.2, 0) is 9.47 Å². The Morgan fingerprint density at radius 2 is 1.42 bits per heavy atom. The Morgan fingerprint density at radius 3 is 2.03 bits per heavy atom. The number of carbonyl (C=O) groups is 3. The van der Waals surface area contributed by atoms with Gasteiger partial charge in [0.05, 0.1) is 40.7 Å². The molecule has 0 aliphatic heterocycles. The third kappa shape index (κ3) is 5.27. The molecule has 0 saturated heterocycles. The number of nitro benzene ring substituents is 1. The molecule has 0 aliphatic carbocycles. The first-order valence-electron chi connectivity index (χ1n) is 11.0. The van der Waals surface area contributed by atoms with E-state index in [2.05, 4.69) is 5.32 Å². The van der Waals surface area contributed by atoms with Gasteiger partial charge in [-0.25, -0.2) is 9.59 Å². The van der Waals surface area contributed by atoms with Gasteiger partial charge in [-0.05, 0) is 35.7 Å². The lowest BCUT2D eigenvalue weighted by atomic mass is 10.0. The van der Waals surface area contributed by atoms with Gasteiger partial charge < -0.3 is 19.9 Å². The van der Waals surface area contributed by atoms with E-state index in [1.807, 2.05) is 0 Å². The van der Waals surface area contributed by atoms with E-state index in [1.54, 1.807) is 42.5 Å². The predicted octanol–water partition coefficient (Wildman–Crippen LogP) is 5.43. The number of nitro groups is 1. The van der Waals surface area contributed by atoms with Crippen LogP contribution in [0.4, 0.5) is 11.4 Å². The van der Waals surface area contributed by atoms with E-state index in [1.165, 1.54) is 44.6 Å². The average Bonchev–Trinajstić information content (AvgIpc) is 2.93. The van der Waals surface area contributed by atoms with Gasteiger partial charge in [-0.2, -0.15) is 0 Å². The molecule has 0 bridgehead atoms. The van der Waals surface area contributed by atoms with E-state index < -0.39 is 22.8 Å². The average molecular weight is 533 g/mol. The number of phenols is 1. The Balaban J connectivity index is 1.79. The van der Waals surface area contributed by atoms with Crippen LogP contribution >= 0.6 is 11.8 Å². The first kappa shape index (κ1) is 26.2. The zero-order chi connectivity index (χ0) is 27.4. The number of methoxy groups -OCH3 is 2. The van der Waals surface area contributed by atoms with Crippen molar-refractivity contribution in [2.75, 3.05) is 19.5 Å². The number of benzene rings is 4. The minimum atomic E-state index is -0.740. The summed E-state index contributed by atoms with van der Waals surface area (Å²) < 4.78 is 9.44. The van der Waals surface area contributed by atoms with E-state index in [-0.39, 0.29) is 33.8 Å². The first-order chi connectivity index (χ1) is 18.2. The molecule has 0 aliphatic rings. The smallest absolute Gasteiger partial charge is 0.337 e. The normalized spacial score (nSPS) is 10.6. The Bertz CT molecular complexity index is 1570. The maximum absolute atomic E-state index is 13.3. The standard InChI is InChI=1S/C27H20N2O8S/c1-36-26(32)15-11-16(27(33)37-2)13-17(12-15)28-25(31)20-14-23(18-7-3-4-8-19(18)24(20)30)38-22-10-6-5-9-21(22)29(34)35/h3-14,30H,1-2H3,(H,28,31). The molecule has 4 aromatic rings. The number of hydrogen-bond donors (Lipinski definition) is 2. The predicted molar refractivity (Wildman–Crippen MR) is 140 cm³/mol. The van der Waals surface area contributed by atoms with Gasteiger partial charge in [0.15, 0.2) is 0 Å². The minimum Gasteiger partial charge on any atom is -0.506 e. The van der Waals surface area contributed by atoms with Crippen molar-refractivity contribution in [1.82, 2.24) is 0 Å². The molecule has 0 aromatic heterocycles. The van der Waals surface area contributed by atoms with Gasteiger partial charge in [0.25, 0.3) is 11.6 Å². The van der Waals surface area contributed by atoms with Gasteiger partial charge in [0, 0.05) is 22.0 Å². The number of aromatic hydroxyl groups is 1. The van der Waals surface area contributed by atoms with Crippen LogP contribution in [0.3, 0.4) is 0 Å². The van der Waals surface area contributed by atoms with Crippen molar-refractivity contribution >= 4 is 51.8 Å². The summed E-state index contributed by atoms with van der Waals surface area (Å²) in [7, 11) is 2.35. The molecule has 4 aromatic carbocycles. The highest BCUT2D eigenvalue weighted by Crippen LogP contribution is 2.42. The molecule has 0 fully saturated rings. The summed E-state index contributed by atoms with van der Waals surface area (Å²) in [4.78, 5) is 49.4.